The van der Waals surface area contributed by atoms with E-state index in [-0.39, 0.29) is 0 Å². The van der Waals surface area contributed by atoms with Gasteiger partial charge in [-0.15, -0.1) is 11.8 Å². The number of allylic oxidation sites excluding steroid dienone is 1. The molecule has 0 unspecified atom stereocenters. The maximum Gasteiger partial charge on any atom is 0.0692 e. The summed E-state index contributed by atoms with van der Waals surface area (Å²) in [5, 5.41) is 0. The topological polar surface area (TPSA) is 0 Å². The van der Waals surface area contributed by atoms with Gasteiger partial charge in [0.15, 0.2) is 0 Å². The third-order valence-electron chi connectivity index (χ3n) is 0.560. The first kappa shape index (κ1) is 7.38. The van der Waals surface area contributed by atoms with E-state index in [1.165, 1.54) is 0 Å². The maximum atomic E-state index is 5.59. The van der Waals surface area contributed by atoms with Gasteiger partial charge in [0.2, 0.25) is 0 Å². The highest BCUT2D eigenvalue weighted by molar-refractivity contribution is 8.03. The van der Waals surface area contributed by atoms with E-state index in [4.69, 9.17) is 11.6 Å². The van der Waals surface area contributed by atoms with E-state index >= 15 is 0 Å². The highest BCUT2D eigenvalue weighted by atomic mass is 35.5. The molecule has 0 rings (SSSR count). The fraction of sp³-hybridized carbons (Fsp3) is 0.600. The third-order valence-corrected chi connectivity index (χ3v) is 1.73. The minimum Gasteiger partial charge on any atom is -0.118 e. The Labute approximate surface area is 53.9 Å². The zero-order valence-electron chi connectivity index (χ0n) is 4.57. The van der Waals surface area contributed by atoms with E-state index in [9.17, 15) is 0 Å². The minimum absolute atomic E-state index is 0.891. The van der Waals surface area contributed by atoms with E-state index < -0.39 is 0 Å². The maximum absolute atomic E-state index is 5.59. The quantitative estimate of drug-likeness (QED) is 0.563. The van der Waals surface area contributed by atoms with Crippen molar-refractivity contribution in [1.29, 1.82) is 0 Å². The van der Waals surface area contributed by atoms with Crippen LogP contribution in [-0.2, 0) is 0 Å². The van der Waals surface area contributed by atoms with Crippen molar-refractivity contribution in [2.24, 2.45) is 0 Å². The van der Waals surface area contributed by atoms with Crippen LogP contribution in [0.25, 0.3) is 0 Å². The molecule has 0 aromatic rings. The van der Waals surface area contributed by atoms with E-state index in [0.717, 1.165) is 10.8 Å². The summed E-state index contributed by atoms with van der Waals surface area (Å²) in [5.41, 5.74) is 0. The van der Waals surface area contributed by atoms with Crippen LogP contribution in [-0.4, -0.2) is 6.26 Å². The zero-order chi connectivity index (χ0) is 5.70. The summed E-state index contributed by atoms with van der Waals surface area (Å²) in [6, 6.07) is 0. The van der Waals surface area contributed by atoms with Gasteiger partial charge >= 0.3 is 0 Å². The van der Waals surface area contributed by atoms with Gasteiger partial charge in [-0.3, -0.25) is 0 Å². The first-order chi connectivity index (χ1) is 3.31. The van der Waals surface area contributed by atoms with Gasteiger partial charge in [-0.2, -0.15) is 0 Å². The molecule has 0 aliphatic carbocycles. The molecule has 7 heavy (non-hydrogen) atoms. The van der Waals surface area contributed by atoms with Gasteiger partial charge in [0.1, 0.15) is 0 Å². The lowest BCUT2D eigenvalue weighted by atomic mass is 10.5. The highest BCUT2D eigenvalue weighted by Crippen LogP contribution is 2.15. The number of hydrogen-bond acceptors (Lipinski definition) is 1. The number of halogens is 1. The Bertz CT molecular complexity index is 68.5. The van der Waals surface area contributed by atoms with Crippen molar-refractivity contribution >= 4 is 23.4 Å². The van der Waals surface area contributed by atoms with Gasteiger partial charge in [-0.25, -0.2) is 0 Å². The molecule has 0 bridgehead atoms. The Balaban J connectivity index is 3.29. The molecule has 0 aromatic heterocycles. The Hall–Kier alpha value is 0.380. The van der Waals surface area contributed by atoms with Crippen LogP contribution in [0.1, 0.15) is 13.3 Å². The molecule has 0 nitrogen and oxygen atoms in total. The van der Waals surface area contributed by atoms with Crippen molar-refractivity contribution in [3.63, 3.8) is 0 Å². The summed E-state index contributed by atoms with van der Waals surface area (Å²) in [5.74, 6) is 0. The predicted molar refractivity (Wildman–Crippen MR) is 37.7 cm³/mol. The Morgan fingerprint density at radius 3 is 2.57 bits per heavy atom. The smallest absolute Gasteiger partial charge is 0.0692 e. The van der Waals surface area contributed by atoms with Crippen molar-refractivity contribution in [2.75, 3.05) is 6.26 Å². The first-order valence-corrected chi connectivity index (χ1v) is 3.81. The van der Waals surface area contributed by atoms with Crippen molar-refractivity contribution in [2.45, 2.75) is 13.3 Å². The first-order valence-electron chi connectivity index (χ1n) is 2.21. The molecule has 0 heterocycles. The van der Waals surface area contributed by atoms with Gasteiger partial charge in [-0.1, -0.05) is 24.6 Å². The highest BCUT2D eigenvalue weighted by Gasteiger charge is 1.80. The van der Waals surface area contributed by atoms with Crippen LogP contribution in [0.3, 0.4) is 0 Å². The largest absolute Gasteiger partial charge is 0.118 e. The van der Waals surface area contributed by atoms with Crippen molar-refractivity contribution in [3.05, 3.63) is 10.4 Å². The molecule has 0 aromatic carbocycles. The molecule has 0 aliphatic heterocycles. The molecule has 0 fully saturated rings. The second-order valence-corrected chi connectivity index (χ2v) is 2.60. The average Bonchev–Trinajstić information content (AvgIpc) is 1.68. The van der Waals surface area contributed by atoms with E-state index in [1.54, 1.807) is 11.8 Å². The molecule has 0 saturated carbocycles. The molecule has 0 N–H and O–H groups in total. The van der Waals surface area contributed by atoms with Crippen LogP contribution in [0.4, 0.5) is 0 Å². The second-order valence-electron chi connectivity index (χ2n) is 1.12. The average molecular weight is 137 g/mol. The lowest BCUT2D eigenvalue weighted by Crippen LogP contribution is -1.56. The summed E-state index contributed by atoms with van der Waals surface area (Å²) in [4.78, 5) is 0. The van der Waals surface area contributed by atoms with Crippen molar-refractivity contribution in [1.82, 2.24) is 0 Å². The van der Waals surface area contributed by atoms with Crippen LogP contribution in [0.5, 0.6) is 0 Å². The molecule has 2 heteroatoms. The fourth-order valence-electron chi connectivity index (χ4n) is 0.244. The second kappa shape index (κ2) is 4.54. The molecular formula is C5H9ClS. The normalized spacial score (nSPS) is 12.1. The minimum atomic E-state index is 0.891. The van der Waals surface area contributed by atoms with Gasteiger partial charge < -0.3 is 0 Å². The van der Waals surface area contributed by atoms with E-state index in [2.05, 4.69) is 6.92 Å². The fourth-order valence-corrected chi connectivity index (χ4v) is 0.731. The van der Waals surface area contributed by atoms with Crippen LogP contribution < -0.4 is 0 Å². The molecule has 0 spiro atoms. The summed E-state index contributed by atoms with van der Waals surface area (Å²) >= 11 is 7.17. The third kappa shape index (κ3) is 4.23. The van der Waals surface area contributed by atoms with Crippen LogP contribution in [0.15, 0.2) is 10.4 Å². The van der Waals surface area contributed by atoms with Gasteiger partial charge in [0.25, 0.3) is 0 Å². The number of hydrogen-bond donors (Lipinski definition) is 0. The molecule has 0 aliphatic rings. The molecule has 0 saturated heterocycles. The lowest BCUT2D eigenvalue weighted by Gasteiger charge is -1.85. The SMILES string of the molecule is CCC=C(Cl)SC. The van der Waals surface area contributed by atoms with Crippen molar-refractivity contribution < 1.29 is 0 Å². The summed E-state index contributed by atoms with van der Waals surface area (Å²) in [6.45, 7) is 2.07. The van der Waals surface area contributed by atoms with Gasteiger partial charge in [-0.05, 0) is 12.7 Å². The van der Waals surface area contributed by atoms with Crippen LogP contribution >= 0.6 is 23.4 Å². The standard InChI is InChI=1S/C5H9ClS/c1-3-4-5(6)7-2/h4H,3H2,1-2H3. The summed E-state index contributed by atoms with van der Waals surface area (Å²) in [7, 11) is 0. The van der Waals surface area contributed by atoms with Gasteiger partial charge in [0, 0.05) is 0 Å². The van der Waals surface area contributed by atoms with E-state index in [1.807, 2.05) is 12.3 Å². The molecule has 42 valence electrons. The summed E-state index contributed by atoms with van der Waals surface area (Å²) < 4.78 is 0.891. The Morgan fingerprint density at radius 2 is 2.43 bits per heavy atom. The number of rotatable bonds is 2. The zero-order valence-corrected chi connectivity index (χ0v) is 6.14. The van der Waals surface area contributed by atoms with Gasteiger partial charge in [0.05, 0.1) is 4.36 Å². The molecule has 0 radical (unpaired) electrons. The molecule has 0 atom stereocenters. The monoisotopic (exact) mass is 136 g/mol. The lowest BCUT2D eigenvalue weighted by molar-refractivity contribution is 1.23. The Morgan fingerprint density at radius 1 is 1.86 bits per heavy atom. The molecular weight excluding hydrogens is 128 g/mol. The molecule has 0 amide bonds. The summed E-state index contributed by atoms with van der Waals surface area (Å²) in [6.07, 6.45) is 4.99. The van der Waals surface area contributed by atoms with Crippen molar-refractivity contribution in [3.8, 4) is 0 Å². The number of thioether (sulfide) groups is 1. The Kier molecular flexibility index (Phi) is 4.78. The predicted octanol–water partition coefficient (Wildman–Crippen LogP) is 2.84. The van der Waals surface area contributed by atoms with Crippen LogP contribution in [0, 0.1) is 0 Å². The van der Waals surface area contributed by atoms with Crippen LogP contribution in [0.2, 0.25) is 0 Å². The van der Waals surface area contributed by atoms with E-state index in [0.29, 0.717) is 0 Å².